The molecule has 16 heavy (non-hydrogen) atoms. The molecule has 0 saturated carbocycles. The summed E-state index contributed by atoms with van der Waals surface area (Å²) in [7, 11) is 0. The first-order valence-corrected chi connectivity index (χ1v) is 5.19. The molecule has 3 N–H and O–H groups in total. The van der Waals surface area contributed by atoms with Crippen molar-refractivity contribution in [3.8, 4) is 11.5 Å². The Morgan fingerprint density at radius 2 is 1.69 bits per heavy atom. The van der Waals surface area contributed by atoms with Crippen LogP contribution in [-0.4, -0.2) is 21.3 Å². The third kappa shape index (κ3) is 1.83. The predicted molar refractivity (Wildman–Crippen MR) is 60.2 cm³/mol. The molecule has 0 saturated heterocycles. The number of hydrogen-bond donors (Lipinski definition) is 3. The van der Waals surface area contributed by atoms with Gasteiger partial charge in [-0.3, -0.25) is 0 Å². The van der Waals surface area contributed by atoms with E-state index in [9.17, 15) is 15.0 Å². The van der Waals surface area contributed by atoms with Crippen LogP contribution in [-0.2, 0) is 6.42 Å². The standard InChI is InChI=1S/C12H16O4/c1-4-5-8-6(2)9(12(15)16)11(14)7(3)10(8)13/h13-14H,4-5H2,1-3H3,(H,15,16). The predicted octanol–water partition coefficient (Wildman–Crippen LogP) is 2.37. The Morgan fingerprint density at radius 3 is 2.12 bits per heavy atom. The highest BCUT2D eigenvalue weighted by Gasteiger charge is 2.22. The van der Waals surface area contributed by atoms with Crippen LogP contribution < -0.4 is 0 Å². The third-order valence-electron chi connectivity index (χ3n) is 2.77. The number of aromatic hydroxyl groups is 2. The van der Waals surface area contributed by atoms with Crippen molar-refractivity contribution >= 4 is 5.97 Å². The molecule has 0 unspecified atom stereocenters. The van der Waals surface area contributed by atoms with Gasteiger partial charge in [0, 0.05) is 5.56 Å². The lowest BCUT2D eigenvalue weighted by molar-refractivity contribution is 0.0692. The molecule has 0 aliphatic carbocycles. The molecule has 88 valence electrons. The van der Waals surface area contributed by atoms with Crippen LogP contribution in [0.15, 0.2) is 0 Å². The molecule has 4 nitrogen and oxygen atoms in total. The number of carboxylic acids is 1. The molecule has 0 radical (unpaired) electrons. The quantitative estimate of drug-likeness (QED) is 0.736. The van der Waals surface area contributed by atoms with Crippen LogP contribution in [0.4, 0.5) is 0 Å². The molecular formula is C12H16O4. The monoisotopic (exact) mass is 224 g/mol. The summed E-state index contributed by atoms with van der Waals surface area (Å²) < 4.78 is 0. The van der Waals surface area contributed by atoms with Crippen LogP contribution in [0.25, 0.3) is 0 Å². The van der Waals surface area contributed by atoms with Crippen molar-refractivity contribution in [3.05, 3.63) is 22.3 Å². The normalized spacial score (nSPS) is 10.4. The summed E-state index contributed by atoms with van der Waals surface area (Å²) in [5.41, 5.74) is 1.16. The van der Waals surface area contributed by atoms with Gasteiger partial charge in [-0.05, 0) is 31.4 Å². The van der Waals surface area contributed by atoms with E-state index < -0.39 is 5.97 Å². The average Bonchev–Trinajstić information content (AvgIpc) is 2.21. The van der Waals surface area contributed by atoms with Gasteiger partial charge in [0.1, 0.15) is 17.1 Å². The fraction of sp³-hybridized carbons (Fsp3) is 0.417. The van der Waals surface area contributed by atoms with E-state index in [0.29, 0.717) is 17.5 Å². The van der Waals surface area contributed by atoms with Gasteiger partial charge >= 0.3 is 5.97 Å². The summed E-state index contributed by atoms with van der Waals surface area (Å²) in [6, 6.07) is 0. The van der Waals surface area contributed by atoms with Gasteiger partial charge in [0.05, 0.1) is 0 Å². The molecule has 4 heteroatoms. The molecule has 0 aliphatic rings. The minimum atomic E-state index is -1.17. The zero-order valence-electron chi connectivity index (χ0n) is 9.66. The van der Waals surface area contributed by atoms with E-state index in [2.05, 4.69) is 0 Å². The molecule has 0 spiro atoms. The molecule has 0 amide bonds. The van der Waals surface area contributed by atoms with Crippen molar-refractivity contribution in [1.29, 1.82) is 0 Å². The van der Waals surface area contributed by atoms with E-state index in [-0.39, 0.29) is 22.6 Å². The number of phenols is 2. The Bertz CT molecular complexity index is 435. The summed E-state index contributed by atoms with van der Waals surface area (Å²) in [5.74, 6) is -1.51. The Labute approximate surface area is 94.2 Å². The van der Waals surface area contributed by atoms with Gasteiger partial charge in [-0.2, -0.15) is 0 Å². The lowest BCUT2D eigenvalue weighted by atomic mass is 9.94. The molecule has 0 bridgehead atoms. The maximum Gasteiger partial charge on any atom is 0.339 e. The lowest BCUT2D eigenvalue weighted by Gasteiger charge is -2.15. The van der Waals surface area contributed by atoms with Crippen LogP contribution in [0.5, 0.6) is 11.5 Å². The fourth-order valence-corrected chi connectivity index (χ4v) is 1.85. The second-order valence-corrected chi connectivity index (χ2v) is 3.86. The van der Waals surface area contributed by atoms with Gasteiger partial charge in [0.15, 0.2) is 0 Å². The van der Waals surface area contributed by atoms with Gasteiger partial charge in [0.2, 0.25) is 0 Å². The molecule has 0 heterocycles. The van der Waals surface area contributed by atoms with E-state index in [1.165, 1.54) is 6.92 Å². The summed E-state index contributed by atoms with van der Waals surface area (Å²) in [4.78, 5) is 11.0. The molecule has 1 aromatic rings. The van der Waals surface area contributed by atoms with Crippen LogP contribution in [0.3, 0.4) is 0 Å². The smallest absolute Gasteiger partial charge is 0.339 e. The van der Waals surface area contributed by atoms with Crippen molar-refractivity contribution in [1.82, 2.24) is 0 Å². The first kappa shape index (κ1) is 12.4. The fourth-order valence-electron chi connectivity index (χ4n) is 1.85. The molecular weight excluding hydrogens is 208 g/mol. The topological polar surface area (TPSA) is 77.8 Å². The maximum atomic E-state index is 11.0. The second-order valence-electron chi connectivity index (χ2n) is 3.86. The van der Waals surface area contributed by atoms with Crippen molar-refractivity contribution in [3.63, 3.8) is 0 Å². The summed E-state index contributed by atoms with van der Waals surface area (Å²) in [6.45, 7) is 5.06. The van der Waals surface area contributed by atoms with Gasteiger partial charge in [-0.1, -0.05) is 13.3 Å². The first-order valence-electron chi connectivity index (χ1n) is 5.19. The van der Waals surface area contributed by atoms with Crippen LogP contribution in [0.1, 0.15) is 40.4 Å². The first-order chi connectivity index (χ1) is 7.41. The summed E-state index contributed by atoms with van der Waals surface area (Å²) in [6.07, 6.45) is 1.40. The van der Waals surface area contributed by atoms with E-state index in [1.54, 1.807) is 6.92 Å². The van der Waals surface area contributed by atoms with E-state index in [1.807, 2.05) is 6.92 Å². The number of hydrogen-bond acceptors (Lipinski definition) is 3. The molecule has 1 aromatic carbocycles. The molecule has 0 aromatic heterocycles. The van der Waals surface area contributed by atoms with Crippen molar-refractivity contribution in [2.24, 2.45) is 0 Å². The van der Waals surface area contributed by atoms with Crippen molar-refractivity contribution in [2.75, 3.05) is 0 Å². The number of phenolic OH excluding ortho intramolecular Hbond substituents is 1. The third-order valence-corrected chi connectivity index (χ3v) is 2.77. The number of benzene rings is 1. The number of carboxylic acid groups (broad SMARTS) is 1. The Morgan fingerprint density at radius 1 is 1.12 bits per heavy atom. The van der Waals surface area contributed by atoms with Crippen LogP contribution in [0.2, 0.25) is 0 Å². The molecule has 1 rings (SSSR count). The Hall–Kier alpha value is -1.71. The zero-order valence-corrected chi connectivity index (χ0v) is 9.66. The lowest BCUT2D eigenvalue weighted by Crippen LogP contribution is -2.05. The second kappa shape index (κ2) is 4.43. The van der Waals surface area contributed by atoms with Crippen molar-refractivity contribution < 1.29 is 20.1 Å². The molecule has 0 atom stereocenters. The highest BCUT2D eigenvalue weighted by molar-refractivity contribution is 5.94. The maximum absolute atomic E-state index is 11.0. The van der Waals surface area contributed by atoms with Crippen LogP contribution in [0, 0.1) is 13.8 Å². The molecule has 0 fully saturated rings. The molecule has 0 aliphatic heterocycles. The SMILES string of the molecule is CCCc1c(C)c(C(=O)O)c(O)c(C)c1O. The highest BCUT2D eigenvalue weighted by atomic mass is 16.4. The van der Waals surface area contributed by atoms with Crippen LogP contribution >= 0.6 is 0 Å². The summed E-state index contributed by atoms with van der Waals surface area (Å²) in [5, 5.41) is 28.5. The number of carbonyl (C=O) groups is 1. The largest absolute Gasteiger partial charge is 0.507 e. The van der Waals surface area contributed by atoms with Gasteiger partial charge in [0.25, 0.3) is 0 Å². The highest BCUT2D eigenvalue weighted by Crippen LogP contribution is 2.37. The average molecular weight is 224 g/mol. The Kier molecular flexibility index (Phi) is 3.42. The van der Waals surface area contributed by atoms with E-state index >= 15 is 0 Å². The Balaban J connectivity index is 3.58. The number of aromatic carboxylic acids is 1. The van der Waals surface area contributed by atoms with Gasteiger partial charge < -0.3 is 15.3 Å². The van der Waals surface area contributed by atoms with E-state index in [0.717, 1.165) is 6.42 Å². The zero-order chi connectivity index (χ0) is 12.5. The van der Waals surface area contributed by atoms with E-state index in [4.69, 9.17) is 5.11 Å². The minimum Gasteiger partial charge on any atom is -0.507 e. The van der Waals surface area contributed by atoms with Crippen molar-refractivity contribution in [2.45, 2.75) is 33.6 Å². The summed E-state index contributed by atoms with van der Waals surface area (Å²) >= 11 is 0. The number of rotatable bonds is 3. The van der Waals surface area contributed by atoms with Gasteiger partial charge in [-0.25, -0.2) is 4.79 Å². The van der Waals surface area contributed by atoms with Gasteiger partial charge in [-0.15, -0.1) is 0 Å². The minimum absolute atomic E-state index is 0.00171.